The summed E-state index contributed by atoms with van der Waals surface area (Å²) in [7, 11) is 1.51. The minimum absolute atomic E-state index is 0.186. The van der Waals surface area contributed by atoms with Crippen molar-refractivity contribution in [1.82, 2.24) is 5.32 Å². The van der Waals surface area contributed by atoms with E-state index in [-0.39, 0.29) is 30.4 Å². The van der Waals surface area contributed by atoms with Crippen molar-refractivity contribution in [2.45, 2.75) is 33.6 Å². The fourth-order valence-corrected chi connectivity index (χ4v) is 3.99. The van der Waals surface area contributed by atoms with Crippen LogP contribution in [0.5, 0.6) is 11.5 Å². The zero-order chi connectivity index (χ0) is 22.8. The van der Waals surface area contributed by atoms with Gasteiger partial charge in [0.2, 0.25) is 5.91 Å². The highest BCUT2D eigenvalue weighted by Crippen LogP contribution is 2.34. The third-order valence-corrected chi connectivity index (χ3v) is 5.47. The molecule has 2 aromatic rings. The van der Waals surface area contributed by atoms with Crippen molar-refractivity contribution in [1.29, 1.82) is 0 Å². The minimum atomic E-state index is -0.572. The molecule has 0 bridgehead atoms. The van der Waals surface area contributed by atoms with Crippen LogP contribution in [0.4, 0.5) is 5.00 Å². The average molecular weight is 449 g/mol. The molecule has 0 spiro atoms. The van der Waals surface area contributed by atoms with Gasteiger partial charge in [0.1, 0.15) is 5.00 Å². The van der Waals surface area contributed by atoms with Crippen molar-refractivity contribution >= 4 is 34.1 Å². The molecule has 1 aromatic carbocycles. The number of para-hydroxylation sites is 2. The Labute approximate surface area is 185 Å². The molecule has 2 amide bonds. The zero-order valence-corrected chi connectivity index (χ0v) is 19.0. The molecule has 168 valence electrons. The van der Waals surface area contributed by atoms with Gasteiger partial charge in [0, 0.05) is 13.5 Å². The number of benzene rings is 1. The SMILES string of the molecule is CCOC(=O)c1c(NC(=O)CCCOc2ccccc2OCC)sc(C(=O)NC)c1C. The second-order valence-corrected chi connectivity index (χ2v) is 7.46. The van der Waals surface area contributed by atoms with Gasteiger partial charge in [0.05, 0.1) is 30.3 Å². The van der Waals surface area contributed by atoms with Gasteiger partial charge >= 0.3 is 5.97 Å². The molecule has 31 heavy (non-hydrogen) atoms. The first-order chi connectivity index (χ1) is 14.9. The number of carbonyl (C=O) groups is 3. The summed E-state index contributed by atoms with van der Waals surface area (Å²) in [5, 5.41) is 5.58. The lowest BCUT2D eigenvalue weighted by atomic mass is 10.1. The molecular formula is C22H28N2O6S. The van der Waals surface area contributed by atoms with Crippen LogP contribution in [0.15, 0.2) is 24.3 Å². The molecular weight excluding hydrogens is 420 g/mol. The lowest BCUT2D eigenvalue weighted by Gasteiger charge is -2.11. The third-order valence-electron chi connectivity index (χ3n) is 4.27. The molecule has 0 fully saturated rings. The van der Waals surface area contributed by atoms with Gasteiger partial charge in [-0.2, -0.15) is 0 Å². The maximum Gasteiger partial charge on any atom is 0.341 e. The number of amides is 2. The molecule has 1 heterocycles. The molecule has 2 N–H and O–H groups in total. The van der Waals surface area contributed by atoms with Crippen LogP contribution in [0.1, 0.15) is 52.3 Å². The quantitative estimate of drug-likeness (QED) is 0.400. The van der Waals surface area contributed by atoms with Crippen molar-refractivity contribution in [3.05, 3.63) is 40.3 Å². The van der Waals surface area contributed by atoms with E-state index in [9.17, 15) is 14.4 Å². The van der Waals surface area contributed by atoms with E-state index < -0.39 is 5.97 Å². The van der Waals surface area contributed by atoms with E-state index in [0.717, 1.165) is 11.3 Å². The number of hydrogen-bond acceptors (Lipinski definition) is 7. The van der Waals surface area contributed by atoms with E-state index in [4.69, 9.17) is 14.2 Å². The molecule has 8 nitrogen and oxygen atoms in total. The number of rotatable bonds is 11. The lowest BCUT2D eigenvalue weighted by molar-refractivity contribution is -0.116. The van der Waals surface area contributed by atoms with E-state index >= 15 is 0 Å². The lowest BCUT2D eigenvalue weighted by Crippen LogP contribution is -2.18. The van der Waals surface area contributed by atoms with E-state index in [2.05, 4.69) is 10.6 Å². The Hall–Kier alpha value is -3.07. The summed E-state index contributed by atoms with van der Waals surface area (Å²) < 4.78 is 16.3. The predicted octanol–water partition coefficient (Wildman–Crippen LogP) is 3.79. The smallest absolute Gasteiger partial charge is 0.341 e. The van der Waals surface area contributed by atoms with Crippen LogP contribution < -0.4 is 20.1 Å². The van der Waals surface area contributed by atoms with Crippen molar-refractivity contribution in [2.24, 2.45) is 0 Å². The molecule has 0 saturated carbocycles. The van der Waals surface area contributed by atoms with Crippen LogP contribution in [0.3, 0.4) is 0 Å². The molecule has 0 aliphatic rings. The highest BCUT2D eigenvalue weighted by Gasteiger charge is 2.26. The number of thiophene rings is 1. The monoisotopic (exact) mass is 448 g/mol. The minimum Gasteiger partial charge on any atom is -0.490 e. The summed E-state index contributed by atoms with van der Waals surface area (Å²) in [4.78, 5) is 37.3. The molecule has 0 saturated heterocycles. The Bertz CT molecular complexity index is 925. The van der Waals surface area contributed by atoms with Gasteiger partial charge in [-0.3, -0.25) is 9.59 Å². The first kappa shape index (κ1) is 24.2. The molecule has 1 aromatic heterocycles. The predicted molar refractivity (Wildman–Crippen MR) is 119 cm³/mol. The third kappa shape index (κ3) is 6.45. The van der Waals surface area contributed by atoms with Crippen LogP contribution in [-0.4, -0.2) is 44.7 Å². The summed E-state index contributed by atoms with van der Waals surface area (Å²) in [5.74, 6) is 0.104. The normalized spacial score (nSPS) is 10.3. The standard InChI is InChI=1S/C22H28N2O6S/c1-5-28-15-10-7-8-11-16(15)30-13-9-12-17(25)24-21-18(22(27)29-6-2)14(3)19(31-21)20(26)23-4/h7-8,10-11H,5-6,9,12-13H2,1-4H3,(H,23,26)(H,24,25). The van der Waals surface area contributed by atoms with Gasteiger partial charge in [0.25, 0.3) is 5.91 Å². The fraction of sp³-hybridized carbons (Fsp3) is 0.409. The summed E-state index contributed by atoms with van der Waals surface area (Å²) in [6, 6.07) is 7.35. The molecule has 0 aliphatic heterocycles. The van der Waals surface area contributed by atoms with Gasteiger partial charge < -0.3 is 24.8 Å². The maximum absolute atomic E-state index is 12.4. The van der Waals surface area contributed by atoms with Crippen molar-refractivity contribution in [2.75, 3.05) is 32.2 Å². The average Bonchev–Trinajstić information content (AvgIpc) is 3.07. The van der Waals surface area contributed by atoms with E-state index in [1.54, 1.807) is 13.8 Å². The van der Waals surface area contributed by atoms with Crippen molar-refractivity contribution < 1.29 is 28.6 Å². The van der Waals surface area contributed by atoms with Crippen LogP contribution in [0.2, 0.25) is 0 Å². The molecule has 0 unspecified atom stereocenters. The highest BCUT2D eigenvalue weighted by atomic mass is 32.1. The highest BCUT2D eigenvalue weighted by molar-refractivity contribution is 7.18. The number of ether oxygens (including phenoxy) is 3. The molecule has 2 rings (SSSR count). The Morgan fingerprint density at radius 1 is 1.03 bits per heavy atom. The van der Waals surface area contributed by atoms with Gasteiger partial charge in [-0.1, -0.05) is 12.1 Å². The maximum atomic E-state index is 12.4. The van der Waals surface area contributed by atoms with Crippen molar-refractivity contribution in [3.63, 3.8) is 0 Å². The van der Waals surface area contributed by atoms with Crippen LogP contribution in [-0.2, 0) is 9.53 Å². The van der Waals surface area contributed by atoms with E-state index in [1.165, 1.54) is 7.05 Å². The van der Waals surface area contributed by atoms with E-state index in [1.807, 2.05) is 31.2 Å². The Kier molecular flexibility index (Phi) is 9.33. The van der Waals surface area contributed by atoms with Crippen molar-refractivity contribution in [3.8, 4) is 11.5 Å². The fourth-order valence-electron chi connectivity index (χ4n) is 2.83. The molecule has 0 radical (unpaired) electrons. The second kappa shape index (κ2) is 11.9. The molecule has 0 aliphatic carbocycles. The Morgan fingerprint density at radius 3 is 2.32 bits per heavy atom. The molecule has 0 atom stereocenters. The van der Waals surface area contributed by atoms with Gasteiger partial charge in [-0.05, 0) is 44.9 Å². The number of anilines is 1. The number of esters is 1. The Morgan fingerprint density at radius 2 is 1.71 bits per heavy atom. The van der Waals surface area contributed by atoms with Crippen LogP contribution in [0.25, 0.3) is 0 Å². The van der Waals surface area contributed by atoms with E-state index in [0.29, 0.717) is 46.6 Å². The topological polar surface area (TPSA) is 103 Å². The second-order valence-electron chi connectivity index (χ2n) is 6.44. The number of nitrogens with one attached hydrogen (secondary N) is 2. The van der Waals surface area contributed by atoms with Gasteiger partial charge in [0.15, 0.2) is 11.5 Å². The summed E-state index contributed by atoms with van der Waals surface area (Å²) in [6.45, 7) is 6.30. The molecule has 9 heteroatoms. The van der Waals surface area contributed by atoms with Gasteiger partial charge in [-0.15, -0.1) is 11.3 Å². The zero-order valence-electron chi connectivity index (χ0n) is 18.2. The first-order valence-corrected chi connectivity index (χ1v) is 10.9. The van der Waals surface area contributed by atoms with Crippen LogP contribution >= 0.6 is 11.3 Å². The first-order valence-electron chi connectivity index (χ1n) is 10.1. The summed E-state index contributed by atoms with van der Waals surface area (Å²) in [5.41, 5.74) is 0.689. The van der Waals surface area contributed by atoms with Crippen LogP contribution in [0, 0.1) is 6.92 Å². The number of carbonyl (C=O) groups excluding carboxylic acids is 3. The Balaban J connectivity index is 2.00. The summed E-state index contributed by atoms with van der Waals surface area (Å²) in [6.07, 6.45) is 0.652. The van der Waals surface area contributed by atoms with Gasteiger partial charge in [-0.25, -0.2) is 4.79 Å². The summed E-state index contributed by atoms with van der Waals surface area (Å²) >= 11 is 1.05. The number of hydrogen-bond donors (Lipinski definition) is 2. The largest absolute Gasteiger partial charge is 0.490 e.